The van der Waals surface area contributed by atoms with Gasteiger partial charge in [-0.05, 0) is 24.1 Å². The van der Waals surface area contributed by atoms with Gasteiger partial charge in [-0.25, -0.2) is 13.4 Å². The summed E-state index contributed by atoms with van der Waals surface area (Å²) in [6.45, 7) is 4.92. The first kappa shape index (κ1) is 19.0. The van der Waals surface area contributed by atoms with E-state index in [9.17, 15) is 8.42 Å². The van der Waals surface area contributed by atoms with E-state index in [0.29, 0.717) is 25.2 Å². The van der Waals surface area contributed by atoms with E-state index in [1.807, 2.05) is 0 Å². The number of fused-ring (bicyclic) bond motifs is 3. The number of rotatable bonds is 4. The summed E-state index contributed by atoms with van der Waals surface area (Å²) in [6.07, 6.45) is 2.61. The Morgan fingerprint density at radius 1 is 1.29 bits per heavy atom. The molecule has 0 spiro atoms. The summed E-state index contributed by atoms with van der Waals surface area (Å²) in [5, 5.41) is 0.275. The monoisotopic (exact) mass is 443 g/mol. The highest BCUT2D eigenvalue weighted by Gasteiger charge is 2.40. The first-order valence-corrected chi connectivity index (χ1v) is 12.4. The third-order valence-corrected chi connectivity index (χ3v) is 8.31. The first-order valence-electron chi connectivity index (χ1n) is 9.38. The van der Waals surface area contributed by atoms with Crippen LogP contribution in [-0.4, -0.2) is 85.3 Å². The normalized spacial score (nSPS) is 26.6. The molecule has 2 aromatic heterocycles. The van der Waals surface area contributed by atoms with Crippen LogP contribution in [0.4, 0.5) is 5.82 Å². The molecule has 0 N–H and O–H groups in total. The molecule has 0 aliphatic carbocycles. The van der Waals surface area contributed by atoms with Crippen molar-refractivity contribution >= 4 is 49.0 Å². The standard InChI is InChI=1S/C17H22ClN5O3S2/c1-28(24,25)22-4-2-21(3-5-22)9-13-7-14-15(27-13)16(20-17(18)19-14)23-8-12-6-11(23)10-26-12/h7,11-12H,2-6,8-10H2,1H3. The van der Waals surface area contributed by atoms with Crippen molar-refractivity contribution in [3.63, 3.8) is 0 Å². The van der Waals surface area contributed by atoms with Crippen molar-refractivity contribution in [1.82, 2.24) is 19.2 Å². The molecule has 2 bridgehead atoms. The van der Waals surface area contributed by atoms with E-state index in [0.717, 1.165) is 55.2 Å². The second kappa shape index (κ2) is 7.03. The van der Waals surface area contributed by atoms with E-state index in [-0.39, 0.29) is 5.28 Å². The maximum atomic E-state index is 11.7. The Balaban J connectivity index is 1.36. The lowest BCUT2D eigenvalue weighted by atomic mass is 10.2. The fourth-order valence-corrected chi connectivity index (χ4v) is 6.45. The van der Waals surface area contributed by atoms with Gasteiger partial charge < -0.3 is 9.64 Å². The molecule has 8 nitrogen and oxygen atoms in total. The Morgan fingerprint density at radius 3 is 2.71 bits per heavy atom. The summed E-state index contributed by atoms with van der Waals surface area (Å²) < 4.78 is 31.7. The zero-order valence-electron chi connectivity index (χ0n) is 15.5. The summed E-state index contributed by atoms with van der Waals surface area (Å²) in [5.41, 5.74) is 0.883. The summed E-state index contributed by atoms with van der Waals surface area (Å²) in [5.74, 6) is 0.920. The largest absolute Gasteiger partial charge is 0.374 e. The van der Waals surface area contributed by atoms with Crippen LogP contribution in [0.25, 0.3) is 10.2 Å². The topological polar surface area (TPSA) is 78.9 Å². The summed E-state index contributed by atoms with van der Waals surface area (Å²) in [7, 11) is -3.11. The van der Waals surface area contributed by atoms with Gasteiger partial charge >= 0.3 is 0 Å². The Kier molecular flexibility index (Phi) is 4.76. The van der Waals surface area contributed by atoms with Gasteiger partial charge in [-0.3, -0.25) is 4.90 Å². The van der Waals surface area contributed by atoms with Crippen molar-refractivity contribution < 1.29 is 13.2 Å². The van der Waals surface area contributed by atoms with Crippen LogP contribution in [0.2, 0.25) is 5.28 Å². The van der Waals surface area contributed by atoms with E-state index >= 15 is 0 Å². The quantitative estimate of drug-likeness (QED) is 0.661. The number of halogens is 1. The van der Waals surface area contributed by atoms with Crippen LogP contribution in [0, 0.1) is 0 Å². The lowest BCUT2D eigenvalue weighted by molar-refractivity contribution is 0.0990. The Morgan fingerprint density at radius 2 is 2.07 bits per heavy atom. The lowest BCUT2D eigenvalue weighted by Gasteiger charge is -2.32. The fraction of sp³-hybridized carbons (Fsp3) is 0.647. The molecule has 2 aromatic rings. The third kappa shape index (κ3) is 3.50. The van der Waals surface area contributed by atoms with Gasteiger partial charge in [0.2, 0.25) is 15.3 Å². The molecule has 0 amide bonds. The van der Waals surface area contributed by atoms with Gasteiger partial charge in [-0.15, -0.1) is 11.3 Å². The highest BCUT2D eigenvalue weighted by atomic mass is 35.5. The summed E-state index contributed by atoms with van der Waals surface area (Å²) >= 11 is 7.92. The molecule has 2 atom stereocenters. The van der Waals surface area contributed by atoms with Gasteiger partial charge in [-0.2, -0.15) is 9.29 Å². The average Bonchev–Trinajstić information content (AvgIpc) is 3.35. The number of morpholine rings is 1. The molecule has 5 heterocycles. The zero-order valence-corrected chi connectivity index (χ0v) is 17.9. The van der Waals surface area contributed by atoms with Crippen LogP contribution in [0.5, 0.6) is 0 Å². The SMILES string of the molecule is CS(=O)(=O)N1CCN(Cc2cc3nc(Cl)nc(N4CC5CC4CO5)c3s2)CC1. The number of anilines is 1. The van der Waals surface area contributed by atoms with E-state index in [1.54, 1.807) is 15.6 Å². The fourth-order valence-electron chi connectivity index (χ4n) is 4.31. The predicted octanol–water partition coefficient (Wildman–Crippen LogP) is 1.40. The van der Waals surface area contributed by atoms with Gasteiger partial charge in [0.05, 0.1) is 35.2 Å². The maximum absolute atomic E-state index is 11.7. The number of hydrogen-bond acceptors (Lipinski definition) is 8. The van der Waals surface area contributed by atoms with Crippen molar-refractivity contribution in [2.75, 3.05) is 50.5 Å². The molecule has 5 rings (SSSR count). The molecule has 3 aliphatic heterocycles. The van der Waals surface area contributed by atoms with Crippen LogP contribution < -0.4 is 4.90 Å². The number of nitrogens with zero attached hydrogens (tertiary/aromatic N) is 5. The molecule has 0 radical (unpaired) electrons. The summed E-state index contributed by atoms with van der Waals surface area (Å²) in [6, 6.07) is 2.46. The number of aromatic nitrogens is 2. The van der Waals surface area contributed by atoms with Crippen LogP contribution >= 0.6 is 22.9 Å². The molecular formula is C17H22ClN5O3S2. The van der Waals surface area contributed by atoms with Crippen LogP contribution in [0.15, 0.2) is 6.07 Å². The zero-order chi connectivity index (χ0) is 19.5. The Hall–Kier alpha value is -1.04. The number of ether oxygens (including phenoxy) is 1. The Labute approximate surface area is 173 Å². The van der Waals surface area contributed by atoms with Gasteiger partial charge in [-0.1, -0.05) is 0 Å². The molecule has 152 valence electrons. The molecule has 11 heteroatoms. The molecule has 2 unspecified atom stereocenters. The van der Waals surface area contributed by atoms with E-state index < -0.39 is 10.0 Å². The van der Waals surface area contributed by atoms with Gasteiger partial charge in [0.1, 0.15) is 0 Å². The van der Waals surface area contributed by atoms with Crippen LogP contribution in [0.1, 0.15) is 11.3 Å². The van der Waals surface area contributed by atoms with Crippen LogP contribution in [0.3, 0.4) is 0 Å². The molecular weight excluding hydrogens is 422 g/mol. The van der Waals surface area contributed by atoms with E-state index in [4.69, 9.17) is 16.3 Å². The minimum absolute atomic E-state index is 0.275. The minimum atomic E-state index is -3.11. The van der Waals surface area contributed by atoms with E-state index in [2.05, 4.69) is 25.8 Å². The first-order chi connectivity index (χ1) is 13.4. The highest BCUT2D eigenvalue weighted by molar-refractivity contribution is 7.88. The Bertz CT molecular complexity index is 1010. The lowest BCUT2D eigenvalue weighted by Crippen LogP contribution is -2.47. The van der Waals surface area contributed by atoms with Crippen LogP contribution in [-0.2, 0) is 21.3 Å². The molecule has 28 heavy (non-hydrogen) atoms. The second-order valence-electron chi connectivity index (χ2n) is 7.68. The molecule has 3 aliphatic rings. The molecule has 3 fully saturated rings. The van der Waals surface area contributed by atoms with Crippen molar-refractivity contribution in [1.29, 1.82) is 0 Å². The van der Waals surface area contributed by atoms with Gasteiger partial charge in [0.25, 0.3) is 0 Å². The van der Waals surface area contributed by atoms with Gasteiger partial charge in [0, 0.05) is 44.1 Å². The third-order valence-electron chi connectivity index (χ3n) is 5.73. The second-order valence-corrected chi connectivity index (χ2v) is 11.1. The molecule has 3 saturated heterocycles. The minimum Gasteiger partial charge on any atom is -0.374 e. The van der Waals surface area contributed by atoms with Crippen molar-refractivity contribution in [2.45, 2.75) is 25.1 Å². The van der Waals surface area contributed by atoms with Crippen molar-refractivity contribution in [2.24, 2.45) is 0 Å². The number of sulfonamides is 1. The molecule has 0 aromatic carbocycles. The number of thiophene rings is 1. The van der Waals surface area contributed by atoms with Gasteiger partial charge in [0.15, 0.2) is 5.82 Å². The van der Waals surface area contributed by atoms with Crippen molar-refractivity contribution in [3.8, 4) is 0 Å². The van der Waals surface area contributed by atoms with E-state index in [1.165, 1.54) is 11.1 Å². The predicted molar refractivity (Wildman–Crippen MR) is 110 cm³/mol. The average molecular weight is 444 g/mol. The molecule has 0 saturated carbocycles. The number of piperazine rings is 1. The highest BCUT2D eigenvalue weighted by Crippen LogP contribution is 2.39. The smallest absolute Gasteiger partial charge is 0.224 e. The summed E-state index contributed by atoms with van der Waals surface area (Å²) in [4.78, 5) is 14.8. The van der Waals surface area contributed by atoms with Crippen molar-refractivity contribution in [3.05, 3.63) is 16.2 Å². The maximum Gasteiger partial charge on any atom is 0.224 e. The number of hydrogen-bond donors (Lipinski definition) is 0.